The molecule has 2 rings (SSSR count). The van der Waals surface area contributed by atoms with Gasteiger partial charge in [-0.15, -0.1) is 0 Å². The first-order valence-electron chi connectivity index (χ1n) is 3.79. The van der Waals surface area contributed by atoms with Crippen molar-refractivity contribution in [2.24, 2.45) is 0 Å². The number of halogens is 1. The van der Waals surface area contributed by atoms with Gasteiger partial charge in [0.05, 0.1) is 10.6 Å². The summed E-state index contributed by atoms with van der Waals surface area (Å²) in [7, 11) is 0. The number of ether oxygens (including phenoxy) is 2. The van der Waals surface area contributed by atoms with Crippen molar-refractivity contribution in [1.29, 1.82) is 0 Å². The number of benzene rings is 1. The van der Waals surface area contributed by atoms with E-state index < -0.39 is 0 Å². The summed E-state index contributed by atoms with van der Waals surface area (Å²) in [6.45, 7) is 1.60. The van der Waals surface area contributed by atoms with Gasteiger partial charge >= 0.3 is 0 Å². The van der Waals surface area contributed by atoms with Gasteiger partial charge in [-0.25, -0.2) is 0 Å². The minimum Gasteiger partial charge on any atom is -0.454 e. The molecule has 0 aliphatic carbocycles. The highest BCUT2D eigenvalue weighted by Gasteiger charge is 2.22. The molecule has 0 saturated heterocycles. The summed E-state index contributed by atoms with van der Waals surface area (Å²) >= 11 is 5.85. The van der Waals surface area contributed by atoms with Gasteiger partial charge < -0.3 is 9.47 Å². The molecule has 0 fully saturated rings. The zero-order valence-electron chi connectivity index (χ0n) is 6.96. The van der Waals surface area contributed by atoms with Crippen molar-refractivity contribution in [3.8, 4) is 11.5 Å². The predicted molar refractivity (Wildman–Crippen MR) is 47.6 cm³/mol. The van der Waals surface area contributed by atoms with Gasteiger partial charge in [-0.2, -0.15) is 0 Å². The molecule has 0 saturated carbocycles. The number of ketones is 1. The molecule has 4 heteroatoms. The smallest absolute Gasteiger partial charge is 0.231 e. The molecule has 0 N–H and O–H groups in total. The number of hydrogen-bond acceptors (Lipinski definition) is 3. The van der Waals surface area contributed by atoms with Crippen LogP contribution in [0, 0.1) is 0 Å². The van der Waals surface area contributed by atoms with Crippen LogP contribution in [0.5, 0.6) is 11.5 Å². The Balaban J connectivity index is 2.65. The first-order chi connectivity index (χ1) is 6.20. The molecule has 68 valence electrons. The lowest BCUT2D eigenvalue weighted by Gasteiger charge is -2.03. The average molecular weight is 199 g/mol. The van der Waals surface area contributed by atoms with E-state index in [0.717, 1.165) is 0 Å². The van der Waals surface area contributed by atoms with Crippen molar-refractivity contribution >= 4 is 17.4 Å². The highest BCUT2D eigenvalue weighted by Crippen LogP contribution is 2.39. The quantitative estimate of drug-likeness (QED) is 0.650. The van der Waals surface area contributed by atoms with E-state index in [1.54, 1.807) is 12.1 Å². The number of Topliss-reactive ketones (excluding diaryl/α,β-unsaturated/α-hetero) is 1. The fraction of sp³-hybridized carbons (Fsp3) is 0.222. The Morgan fingerprint density at radius 2 is 2.23 bits per heavy atom. The lowest BCUT2D eigenvalue weighted by atomic mass is 10.1. The fourth-order valence-corrected chi connectivity index (χ4v) is 1.56. The fourth-order valence-electron chi connectivity index (χ4n) is 1.28. The molecule has 1 aromatic carbocycles. The minimum atomic E-state index is -0.118. The van der Waals surface area contributed by atoms with Crippen LogP contribution in [0.15, 0.2) is 12.1 Å². The van der Waals surface area contributed by atoms with Crippen molar-refractivity contribution < 1.29 is 14.3 Å². The van der Waals surface area contributed by atoms with Gasteiger partial charge in [0.15, 0.2) is 17.3 Å². The molecule has 0 aromatic heterocycles. The predicted octanol–water partition coefficient (Wildman–Crippen LogP) is 2.27. The molecular formula is C9H7ClO3. The topological polar surface area (TPSA) is 35.5 Å². The monoisotopic (exact) mass is 198 g/mol. The largest absolute Gasteiger partial charge is 0.454 e. The van der Waals surface area contributed by atoms with Gasteiger partial charge in [-0.05, 0) is 19.1 Å². The van der Waals surface area contributed by atoms with Gasteiger partial charge in [0, 0.05) is 0 Å². The maximum absolute atomic E-state index is 11.2. The van der Waals surface area contributed by atoms with E-state index in [-0.39, 0.29) is 12.6 Å². The molecular weight excluding hydrogens is 192 g/mol. The van der Waals surface area contributed by atoms with Crippen molar-refractivity contribution in [3.05, 3.63) is 22.7 Å². The van der Waals surface area contributed by atoms with Crippen LogP contribution in [-0.4, -0.2) is 12.6 Å². The summed E-state index contributed by atoms with van der Waals surface area (Å²) in [5, 5.41) is 0.400. The summed E-state index contributed by atoms with van der Waals surface area (Å²) < 4.78 is 10.3. The zero-order valence-corrected chi connectivity index (χ0v) is 7.72. The second kappa shape index (κ2) is 2.92. The molecule has 0 atom stereocenters. The molecule has 0 amide bonds. The van der Waals surface area contributed by atoms with Crippen LogP contribution >= 0.6 is 11.6 Å². The van der Waals surface area contributed by atoms with E-state index in [9.17, 15) is 4.79 Å². The summed E-state index contributed by atoms with van der Waals surface area (Å²) in [4.78, 5) is 11.2. The SMILES string of the molecule is CC(=O)c1c(Cl)ccc2c1OCO2. The Hall–Kier alpha value is -1.22. The summed E-state index contributed by atoms with van der Waals surface area (Å²) in [6.07, 6.45) is 0. The Kier molecular flexibility index (Phi) is 1.88. The first kappa shape index (κ1) is 8.38. The number of carbonyl (C=O) groups is 1. The molecule has 1 heterocycles. The number of fused-ring (bicyclic) bond motifs is 1. The number of rotatable bonds is 1. The van der Waals surface area contributed by atoms with Gasteiger partial charge in [-0.3, -0.25) is 4.79 Å². The molecule has 0 radical (unpaired) electrons. The summed E-state index contributed by atoms with van der Waals surface area (Å²) in [5.74, 6) is 0.918. The Labute approximate surface area is 80.2 Å². The van der Waals surface area contributed by atoms with E-state index in [4.69, 9.17) is 21.1 Å². The molecule has 1 aliphatic heterocycles. The highest BCUT2D eigenvalue weighted by atomic mass is 35.5. The second-order valence-electron chi connectivity index (χ2n) is 2.71. The van der Waals surface area contributed by atoms with Gasteiger partial charge in [0.25, 0.3) is 0 Å². The highest BCUT2D eigenvalue weighted by molar-refractivity contribution is 6.34. The van der Waals surface area contributed by atoms with E-state index in [1.165, 1.54) is 6.92 Å². The Morgan fingerprint density at radius 3 is 2.92 bits per heavy atom. The van der Waals surface area contributed by atoms with Crippen LogP contribution in [-0.2, 0) is 0 Å². The third kappa shape index (κ3) is 1.25. The third-order valence-corrected chi connectivity index (χ3v) is 2.16. The molecule has 1 aliphatic rings. The number of carbonyl (C=O) groups excluding carboxylic acids is 1. The summed E-state index contributed by atoms with van der Waals surface area (Å²) in [5.41, 5.74) is 0.400. The van der Waals surface area contributed by atoms with Gasteiger partial charge in [0.2, 0.25) is 6.79 Å². The van der Waals surface area contributed by atoms with Crippen molar-refractivity contribution in [3.63, 3.8) is 0 Å². The molecule has 3 nitrogen and oxygen atoms in total. The summed E-state index contributed by atoms with van der Waals surface area (Å²) in [6, 6.07) is 3.32. The van der Waals surface area contributed by atoms with E-state index >= 15 is 0 Å². The Morgan fingerprint density at radius 1 is 1.46 bits per heavy atom. The van der Waals surface area contributed by atoms with Crippen molar-refractivity contribution in [1.82, 2.24) is 0 Å². The lowest BCUT2D eigenvalue weighted by molar-refractivity contribution is 0.101. The van der Waals surface area contributed by atoms with Crippen LogP contribution in [0.25, 0.3) is 0 Å². The van der Waals surface area contributed by atoms with Crippen LogP contribution in [0.3, 0.4) is 0 Å². The van der Waals surface area contributed by atoms with E-state index in [1.807, 2.05) is 0 Å². The molecule has 0 spiro atoms. The minimum absolute atomic E-state index is 0.118. The zero-order chi connectivity index (χ0) is 9.42. The molecule has 13 heavy (non-hydrogen) atoms. The second-order valence-corrected chi connectivity index (χ2v) is 3.12. The lowest BCUT2D eigenvalue weighted by Crippen LogP contribution is -1.98. The van der Waals surface area contributed by atoms with E-state index in [0.29, 0.717) is 22.1 Å². The van der Waals surface area contributed by atoms with Crippen LogP contribution in [0.4, 0.5) is 0 Å². The van der Waals surface area contributed by atoms with Crippen molar-refractivity contribution in [2.75, 3.05) is 6.79 Å². The first-order valence-corrected chi connectivity index (χ1v) is 4.17. The van der Waals surface area contributed by atoms with Gasteiger partial charge in [-0.1, -0.05) is 11.6 Å². The maximum atomic E-state index is 11.2. The standard InChI is InChI=1S/C9H7ClO3/c1-5(11)8-6(10)2-3-7-9(8)13-4-12-7/h2-3H,4H2,1H3. The normalized spacial score (nSPS) is 13.1. The van der Waals surface area contributed by atoms with Crippen LogP contribution in [0.1, 0.15) is 17.3 Å². The van der Waals surface area contributed by atoms with Gasteiger partial charge in [0.1, 0.15) is 0 Å². The van der Waals surface area contributed by atoms with Crippen molar-refractivity contribution in [2.45, 2.75) is 6.92 Å². The maximum Gasteiger partial charge on any atom is 0.231 e. The molecule has 1 aromatic rings. The van der Waals surface area contributed by atoms with Crippen LogP contribution < -0.4 is 9.47 Å². The number of hydrogen-bond donors (Lipinski definition) is 0. The molecule has 0 unspecified atom stereocenters. The Bertz CT molecular complexity index is 373. The average Bonchev–Trinajstić information content (AvgIpc) is 2.50. The van der Waals surface area contributed by atoms with Crippen LogP contribution in [0.2, 0.25) is 5.02 Å². The molecule has 0 bridgehead atoms. The third-order valence-electron chi connectivity index (χ3n) is 1.84. The van der Waals surface area contributed by atoms with E-state index in [2.05, 4.69) is 0 Å².